The highest BCUT2D eigenvalue weighted by Crippen LogP contribution is 2.29. The third-order valence-electron chi connectivity index (χ3n) is 4.40. The summed E-state index contributed by atoms with van der Waals surface area (Å²) in [6, 6.07) is 0. The highest BCUT2D eigenvalue weighted by molar-refractivity contribution is 5.84. The SMILES string of the molecule is C[N+]1(C)CCC2CC[N+](C)(C)CC(C1)C2=O. The Morgan fingerprint density at radius 2 is 1.31 bits per heavy atom. The maximum absolute atomic E-state index is 12.4. The summed E-state index contributed by atoms with van der Waals surface area (Å²) in [4.78, 5) is 12.4. The average molecular weight is 226 g/mol. The molecule has 3 heteroatoms. The molecule has 3 nitrogen and oxygen atoms in total. The van der Waals surface area contributed by atoms with Crippen molar-refractivity contribution in [3.8, 4) is 0 Å². The van der Waals surface area contributed by atoms with Crippen molar-refractivity contribution in [2.45, 2.75) is 12.8 Å². The van der Waals surface area contributed by atoms with Crippen LogP contribution in [-0.2, 0) is 4.79 Å². The number of nitrogens with zero attached hydrogens (tertiary/aromatic N) is 2. The summed E-state index contributed by atoms with van der Waals surface area (Å²) >= 11 is 0. The Balaban J connectivity index is 2.25. The van der Waals surface area contributed by atoms with Crippen molar-refractivity contribution in [2.75, 3.05) is 54.4 Å². The molecular weight excluding hydrogens is 200 g/mol. The van der Waals surface area contributed by atoms with Crippen molar-refractivity contribution in [1.82, 2.24) is 0 Å². The summed E-state index contributed by atoms with van der Waals surface area (Å²) in [5, 5.41) is 0. The molecule has 0 unspecified atom stereocenters. The highest BCUT2D eigenvalue weighted by atomic mass is 16.1. The normalized spacial score (nSPS) is 37.6. The fraction of sp³-hybridized carbons (Fsp3) is 0.923. The van der Waals surface area contributed by atoms with Crippen LogP contribution in [0.3, 0.4) is 0 Å². The van der Waals surface area contributed by atoms with Gasteiger partial charge in [-0.2, -0.15) is 0 Å². The smallest absolute Gasteiger partial charge is 0.150 e. The van der Waals surface area contributed by atoms with Gasteiger partial charge in [0, 0.05) is 18.8 Å². The predicted molar refractivity (Wildman–Crippen MR) is 64.9 cm³/mol. The lowest BCUT2D eigenvalue weighted by atomic mass is 9.91. The minimum Gasteiger partial charge on any atom is -0.328 e. The van der Waals surface area contributed by atoms with Gasteiger partial charge in [0.05, 0.1) is 54.4 Å². The molecule has 2 fully saturated rings. The molecule has 2 aliphatic heterocycles. The van der Waals surface area contributed by atoms with Crippen LogP contribution in [0.2, 0.25) is 0 Å². The van der Waals surface area contributed by atoms with Crippen molar-refractivity contribution in [1.29, 1.82) is 0 Å². The Bertz CT molecular complexity index is 274. The van der Waals surface area contributed by atoms with Crippen LogP contribution in [0.25, 0.3) is 0 Å². The van der Waals surface area contributed by atoms with E-state index in [2.05, 4.69) is 28.2 Å². The Morgan fingerprint density at radius 1 is 0.875 bits per heavy atom. The standard InChI is InChI=1S/C13H26N2O/c1-14(2)7-5-11-6-8-15(3,4)10-12(9-14)13(11)16/h11-12H,5-10H2,1-4H3/q+2. The van der Waals surface area contributed by atoms with Crippen LogP contribution in [-0.4, -0.2) is 69.1 Å². The summed E-state index contributed by atoms with van der Waals surface area (Å²) in [5.74, 6) is 1.21. The molecule has 0 atom stereocenters. The second-order valence-electron chi connectivity index (χ2n) is 7.06. The molecule has 0 aromatic rings. The number of quaternary nitrogens is 2. The first-order chi connectivity index (χ1) is 7.29. The van der Waals surface area contributed by atoms with Gasteiger partial charge in [0.25, 0.3) is 0 Å². The van der Waals surface area contributed by atoms with E-state index in [1.165, 1.54) is 13.1 Å². The molecule has 0 saturated carbocycles. The third kappa shape index (κ3) is 2.46. The minimum atomic E-state index is 0.292. The van der Waals surface area contributed by atoms with Gasteiger partial charge >= 0.3 is 0 Å². The lowest BCUT2D eigenvalue weighted by Crippen LogP contribution is -2.50. The quantitative estimate of drug-likeness (QED) is 0.557. The summed E-state index contributed by atoms with van der Waals surface area (Å²) in [7, 11) is 9.07. The number of ketones is 1. The van der Waals surface area contributed by atoms with Gasteiger partial charge < -0.3 is 8.97 Å². The molecule has 0 N–H and O–H groups in total. The number of hydrogen-bond donors (Lipinski definition) is 0. The monoisotopic (exact) mass is 226 g/mol. The van der Waals surface area contributed by atoms with Gasteiger partial charge in [-0.05, 0) is 0 Å². The molecule has 2 aliphatic rings. The second kappa shape index (κ2) is 3.81. The molecule has 0 amide bonds. The summed E-state index contributed by atoms with van der Waals surface area (Å²) in [6.45, 7) is 4.41. The van der Waals surface area contributed by atoms with Gasteiger partial charge in [-0.25, -0.2) is 0 Å². The van der Waals surface area contributed by atoms with Gasteiger partial charge in [-0.3, -0.25) is 4.79 Å². The zero-order chi connectivity index (χ0) is 12.0. The van der Waals surface area contributed by atoms with Gasteiger partial charge in [0.1, 0.15) is 5.92 Å². The summed E-state index contributed by atoms with van der Waals surface area (Å²) < 4.78 is 2.04. The van der Waals surface area contributed by atoms with E-state index in [9.17, 15) is 4.79 Å². The Morgan fingerprint density at radius 3 is 1.75 bits per heavy atom. The number of likely N-dealkylation sites (tertiary alicyclic amines) is 2. The Hall–Kier alpha value is -0.410. The fourth-order valence-electron chi connectivity index (χ4n) is 3.39. The number of fused-ring (bicyclic) bond motifs is 2. The molecule has 0 aromatic heterocycles. The molecule has 2 rings (SSSR count). The van der Waals surface area contributed by atoms with Crippen LogP contribution in [0.4, 0.5) is 0 Å². The molecule has 0 spiro atoms. The average Bonchev–Trinajstić information content (AvgIpc) is 2.29. The molecule has 2 saturated heterocycles. The molecule has 0 aliphatic carbocycles. The number of carbonyl (C=O) groups is 1. The van der Waals surface area contributed by atoms with Gasteiger partial charge in [-0.1, -0.05) is 0 Å². The van der Waals surface area contributed by atoms with Crippen LogP contribution in [0.5, 0.6) is 0 Å². The lowest BCUT2D eigenvalue weighted by molar-refractivity contribution is -0.914. The van der Waals surface area contributed by atoms with Crippen LogP contribution < -0.4 is 0 Å². The molecule has 16 heavy (non-hydrogen) atoms. The van der Waals surface area contributed by atoms with Crippen molar-refractivity contribution >= 4 is 5.78 Å². The number of rotatable bonds is 0. The topological polar surface area (TPSA) is 17.1 Å². The molecule has 92 valence electrons. The fourth-order valence-corrected chi connectivity index (χ4v) is 3.39. The van der Waals surface area contributed by atoms with Crippen LogP contribution in [0.1, 0.15) is 12.8 Å². The predicted octanol–water partition coefficient (Wildman–Crippen LogP) is 0.748. The van der Waals surface area contributed by atoms with Crippen LogP contribution >= 0.6 is 0 Å². The molecular formula is C13H26N2O+2. The maximum atomic E-state index is 12.4. The van der Waals surface area contributed by atoms with E-state index in [0.29, 0.717) is 17.6 Å². The highest BCUT2D eigenvalue weighted by Gasteiger charge is 2.43. The molecule has 0 radical (unpaired) electrons. The Kier molecular flexibility index (Phi) is 2.87. The van der Waals surface area contributed by atoms with E-state index in [0.717, 1.165) is 34.9 Å². The number of Topliss-reactive ketones (excluding diaryl/α,β-unsaturated/α-hetero) is 1. The molecule has 0 aromatic carbocycles. The summed E-state index contributed by atoms with van der Waals surface area (Å²) in [6.07, 6.45) is 2.20. The Labute approximate surface area is 99.2 Å². The third-order valence-corrected chi connectivity index (χ3v) is 4.40. The largest absolute Gasteiger partial charge is 0.328 e. The second-order valence-corrected chi connectivity index (χ2v) is 7.06. The van der Waals surface area contributed by atoms with E-state index >= 15 is 0 Å². The van der Waals surface area contributed by atoms with E-state index in [1.807, 2.05) is 0 Å². The van der Waals surface area contributed by atoms with Crippen molar-refractivity contribution in [3.63, 3.8) is 0 Å². The first-order valence-electron chi connectivity index (χ1n) is 6.47. The zero-order valence-electron chi connectivity index (χ0n) is 11.2. The van der Waals surface area contributed by atoms with Crippen molar-refractivity contribution in [3.05, 3.63) is 0 Å². The van der Waals surface area contributed by atoms with Crippen molar-refractivity contribution in [2.24, 2.45) is 11.8 Å². The maximum Gasteiger partial charge on any atom is 0.150 e. The van der Waals surface area contributed by atoms with E-state index in [1.54, 1.807) is 0 Å². The van der Waals surface area contributed by atoms with E-state index < -0.39 is 0 Å². The zero-order valence-corrected chi connectivity index (χ0v) is 11.2. The van der Waals surface area contributed by atoms with E-state index in [4.69, 9.17) is 0 Å². The van der Waals surface area contributed by atoms with Gasteiger partial charge in [0.15, 0.2) is 5.78 Å². The van der Waals surface area contributed by atoms with Crippen molar-refractivity contribution < 1.29 is 13.8 Å². The molecule has 2 bridgehead atoms. The number of carbonyl (C=O) groups excluding carboxylic acids is 1. The van der Waals surface area contributed by atoms with E-state index in [-0.39, 0.29) is 0 Å². The van der Waals surface area contributed by atoms with Gasteiger partial charge in [-0.15, -0.1) is 0 Å². The minimum absolute atomic E-state index is 0.292. The summed E-state index contributed by atoms with van der Waals surface area (Å²) in [5.41, 5.74) is 0. The van der Waals surface area contributed by atoms with Gasteiger partial charge in [0.2, 0.25) is 0 Å². The first kappa shape index (κ1) is 12.1. The van der Waals surface area contributed by atoms with Crippen LogP contribution in [0, 0.1) is 11.8 Å². The first-order valence-corrected chi connectivity index (χ1v) is 6.47. The number of hydrogen-bond acceptors (Lipinski definition) is 1. The molecule has 2 heterocycles. The van der Waals surface area contributed by atoms with Crippen LogP contribution in [0.15, 0.2) is 0 Å². The lowest BCUT2D eigenvalue weighted by Gasteiger charge is -2.35.